The zero-order valence-electron chi connectivity index (χ0n) is 10.0. The molecule has 2 nitrogen and oxygen atoms in total. The Balaban J connectivity index is 1.86. The van der Waals surface area contributed by atoms with Crippen LogP contribution in [0.25, 0.3) is 0 Å². The standard InChI is InChI=1S/C12H22N2S/c1-4-12(5-6-12)8-13-11-14-10(3)9(2)7-15-11/h9-10H,4-8H2,1-3H3,(H,13,14). The third-order valence-electron chi connectivity index (χ3n) is 3.95. The van der Waals surface area contributed by atoms with Crippen molar-refractivity contribution in [3.05, 3.63) is 0 Å². The molecule has 1 saturated carbocycles. The first-order valence-electron chi connectivity index (χ1n) is 6.09. The monoisotopic (exact) mass is 226 g/mol. The lowest BCUT2D eigenvalue weighted by Crippen LogP contribution is -2.41. The highest BCUT2D eigenvalue weighted by Gasteiger charge is 2.40. The van der Waals surface area contributed by atoms with Gasteiger partial charge in [-0.2, -0.15) is 0 Å². The third-order valence-corrected chi connectivity index (χ3v) is 5.17. The van der Waals surface area contributed by atoms with Crippen LogP contribution in [-0.4, -0.2) is 23.5 Å². The van der Waals surface area contributed by atoms with Crippen LogP contribution in [0.5, 0.6) is 0 Å². The van der Waals surface area contributed by atoms with Crippen LogP contribution in [0.1, 0.15) is 40.0 Å². The molecule has 1 saturated heterocycles. The van der Waals surface area contributed by atoms with E-state index in [4.69, 9.17) is 4.99 Å². The van der Waals surface area contributed by atoms with Crippen molar-refractivity contribution in [1.82, 2.24) is 5.32 Å². The maximum atomic E-state index is 4.74. The highest BCUT2D eigenvalue weighted by molar-refractivity contribution is 8.13. The van der Waals surface area contributed by atoms with E-state index in [2.05, 4.69) is 26.1 Å². The molecule has 1 aliphatic heterocycles. The van der Waals surface area contributed by atoms with Crippen molar-refractivity contribution < 1.29 is 0 Å². The molecule has 0 spiro atoms. The van der Waals surface area contributed by atoms with Crippen molar-refractivity contribution in [3.63, 3.8) is 0 Å². The first kappa shape index (κ1) is 11.3. The minimum Gasteiger partial charge on any atom is -0.362 e. The fourth-order valence-corrected chi connectivity index (χ4v) is 3.00. The van der Waals surface area contributed by atoms with Gasteiger partial charge in [0.2, 0.25) is 0 Å². The molecule has 0 aromatic heterocycles. The Morgan fingerprint density at radius 1 is 1.47 bits per heavy atom. The van der Waals surface area contributed by atoms with Gasteiger partial charge in [0.05, 0.1) is 0 Å². The number of amidine groups is 1. The summed E-state index contributed by atoms with van der Waals surface area (Å²) in [6.45, 7) is 7.89. The van der Waals surface area contributed by atoms with Gasteiger partial charge in [-0.15, -0.1) is 0 Å². The van der Waals surface area contributed by atoms with Gasteiger partial charge in [0.25, 0.3) is 0 Å². The highest BCUT2D eigenvalue weighted by Crippen LogP contribution is 2.48. The van der Waals surface area contributed by atoms with Crippen molar-refractivity contribution in [2.75, 3.05) is 12.3 Å². The molecule has 86 valence electrons. The molecule has 2 atom stereocenters. The summed E-state index contributed by atoms with van der Waals surface area (Å²) in [5.41, 5.74) is 0.585. The second kappa shape index (κ2) is 4.36. The summed E-state index contributed by atoms with van der Waals surface area (Å²) in [5.74, 6) is 1.97. The molecular formula is C12H22N2S. The van der Waals surface area contributed by atoms with E-state index in [0.29, 0.717) is 11.5 Å². The number of aliphatic imine (C=N–C) groups is 1. The summed E-state index contributed by atoms with van der Waals surface area (Å²) in [4.78, 5) is 4.74. The van der Waals surface area contributed by atoms with E-state index in [1.807, 2.05) is 11.8 Å². The van der Waals surface area contributed by atoms with Gasteiger partial charge in [-0.25, -0.2) is 0 Å². The van der Waals surface area contributed by atoms with Crippen molar-refractivity contribution in [2.24, 2.45) is 16.3 Å². The topological polar surface area (TPSA) is 24.4 Å². The molecule has 0 aromatic rings. The van der Waals surface area contributed by atoms with Crippen LogP contribution in [0.15, 0.2) is 4.99 Å². The minimum absolute atomic E-state index is 0.585. The van der Waals surface area contributed by atoms with Gasteiger partial charge in [0.15, 0.2) is 5.17 Å². The van der Waals surface area contributed by atoms with Crippen LogP contribution < -0.4 is 5.32 Å². The molecule has 2 aliphatic rings. The molecular weight excluding hydrogens is 204 g/mol. The molecule has 1 N–H and O–H groups in total. The Labute approximate surface area is 97.3 Å². The van der Waals surface area contributed by atoms with Gasteiger partial charge < -0.3 is 5.32 Å². The summed E-state index contributed by atoms with van der Waals surface area (Å²) in [6.07, 6.45) is 4.06. The first-order chi connectivity index (χ1) is 7.15. The number of rotatable bonds is 3. The van der Waals surface area contributed by atoms with Crippen LogP contribution in [0.2, 0.25) is 0 Å². The molecule has 1 heterocycles. The van der Waals surface area contributed by atoms with E-state index < -0.39 is 0 Å². The largest absolute Gasteiger partial charge is 0.362 e. The Kier molecular flexibility index (Phi) is 3.29. The molecule has 2 unspecified atom stereocenters. The molecule has 2 fully saturated rings. The summed E-state index contributed by atoms with van der Waals surface area (Å²) >= 11 is 1.89. The molecule has 0 bridgehead atoms. The van der Waals surface area contributed by atoms with Crippen LogP contribution in [0.3, 0.4) is 0 Å². The molecule has 3 heteroatoms. The van der Waals surface area contributed by atoms with Crippen LogP contribution in [-0.2, 0) is 0 Å². The number of nitrogens with one attached hydrogen (secondary N) is 1. The average molecular weight is 226 g/mol. The minimum atomic E-state index is 0.585. The predicted octanol–water partition coefficient (Wildman–Crippen LogP) is 2.89. The quantitative estimate of drug-likeness (QED) is 0.800. The van der Waals surface area contributed by atoms with Crippen LogP contribution in [0, 0.1) is 11.3 Å². The summed E-state index contributed by atoms with van der Waals surface area (Å²) in [7, 11) is 0. The fraction of sp³-hybridized carbons (Fsp3) is 0.917. The summed E-state index contributed by atoms with van der Waals surface area (Å²) in [6, 6.07) is 0.585. The van der Waals surface area contributed by atoms with Gasteiger partial charge in [-0.05, 0) is 37.5 Å². The summed E-state index contributed by atoms with van der Waals surface area (Å²) in [5, 5.41) is 4.68. The second-order valence-electron chi connectivity index (χ2n) is 5.20. The molecule has 1 aliphatic carbocycles. The van der Waals surface area contributed by atoms with Crippen molar-refractivity contribution >= 4 is 16.9 Å². The number of nitrogens with zero attached hydrogens (tertiary/aromatic N) is 1. The van der Waals surface area contributed by atoms with E-state index in [1.165, 1.54) is 30.2 Å². The second-order valence-corrected chi connectivity index (χ2v) is 6.20. The normalized spacial score (nSPS) is 36.3. The van der Waals surface area contributed by atoms with E-state index in [9.17, 15) is 0 Å². The molecule has 2 rings (SSSR count). The zero-order valence-corrected chi connectivity index (χ0v) is 10.9. The van der Waals surface area contributed by atoms with Crippen molar-refractivity contribution in [2.45, 2.75) is 46.1 Å². The maximum absolute atomic E-state index is 4.74. The molecule has 0 aromatic carbocycles. The number of thioether (sulfide) groups is 1. The Bertz CT molecular complexity index is 258. The van der Waals surface area contributed by atoms with Gasteiger partial charge in [0, 0.05) is 18.3 Å². The van der Waals surface area contributed by atoms with E-state index in [0.717, 1.165) is 12.5 Å². The van der Waals surface area contributed by atoms with E-state index in [1.54, 1.807) is 0 Å². The smallest absolute Gasteiger partial charge is 0.156 e. The Hall–Kier alpha value is -0.180. The third kappa shape index (κ3) is 2.68. The predicted molar refractivity (Wildman–Crippen MR) is 68.5 cm³/mol. The molecule has 0 amide bonds. The molecule has 0 radical (unpaired) electrons. The van der Waals surface area contributed by atoms with Crippen molar-refractivity contribution in [3.8, 4) is 0 Å². The van der Waals surface area contributed by atoms with Gasteiger partial charge >= 0.3 is 0 Å². The lowest BCUT2D eigenvalue weighted by atomic mass is 10.1. The van der Waals surface area contributed by atoms with E-state index in [-0.39, 0.29) is 0 Å². The number of hydrogen-bond acceptors (Lipinski definition) is 2. The fourth-order valence-electron chi connectivity index (χ4n) is 1.86. The van der Waals surface area contributed by atoms with Crippen LogP contribution in [0.4, 0.5) is 0 Å². The highest BCUT2D eigenvalue weighted by atomic mass is 32.2. The lowest BCUT2D eigenvalue weighted by Gasteiger charge is -2.28. The average Bonchev–Trinajstić information content (AvgIpc) is 3.01. The van der Waals surface area contributed by atoms with Crippen molar-refractivity contribution in [1.29, 1.82) is 0 Å². The summed E-state index contributed by atoms with van der Waals surface area (Å²) < 4.78 is 0. The Morgan fingerprint density at radius 2 is 2.20 bits per heavy atom. The Morgan fingerprint density at radius 3 is 2.73 bits per heavy atom. The SMILES string of the molecule is CCC1(CN=C2NC(C)C(C)CS2)CC1. The van der Waals surface area contributed by atoms with Gasteiger partial charge in [-0.1, -0.05) is 25.6 Å². The first-order valence-corrected chi connectivity index (χ1v) is 7.07. The zero-order chi connectivity index (χ0) is 10.9. The number of hydrogen-bond donors (Lipinski definition) is 1. The molecule has 15 heavy (non-hydrogen) atoms. The van der Waals surface area contributed by atoms with Gasteiger partial charge in [0.1, 0.15) is 0 Å². The van der Waals surface area contributed by atoms with Gasteiger partial charge in [-0.3, -0.25) is 4.99 Å². The maximum Gasteiger partial charge on any atom is 0.156 e. The lowest BCUT2D eigenvalue weighted by molar-refractivity contribution is 0.482. The van der Waals surface area contributed by atoms with Crippen LogP contribution >= 0.6 is 11.8 Å². The van der Waals surface area contributed by atoms with E-state index >= 15 is 0 Å².